The average molecular weight is 309 g/mol. The third-order valence-corrected chi connectivity index (χ3v) is 3.55. The van der Waals surface area contributed by atoms with Crippen molar-refractivity contribution < 1.29 is 19.4 Å². The van der Waals surface area contributed by atoms with Gasteiger partial charge in [0.25, 0.3) is 5.91 Å². The Labute approximate surface area is 128 Å². The number of rotatable bonds is 6. The summed E-state index contributed by atoms with van der Waals surface area (Å²) in [5.74, 6) is 5.08. The topological polar surface area (TPSA) is 66.8 Å². The first kappa shape index (κ1) is 17.2. The van der Waals surface area contributed by atoms with Gasteiger partial charge in [0.2, 0.25) is 0 Å². The first-order valence-corrected chi connectivity index (χ1v) is 7.58. The van der Waals surface area contributed by atoms with Crippen LogP contribution in [0.25, 0.3) is 0 Å². The number of thiophene rings is 1. The molecule has 1 aromatic rings. The molecule has 1 rings (SSSR count). The van der Waals surface area contributed by atoms with Gasteiger partial charge in [-0.05, 0) is 26.0 Å². The largest absolute Gasteiger partial charge is 0.465 e. The maximum atomic E-state index is 12.3. The highest BCUT2D eigenvalue weighted by Crippen LogP contribution is 2.17. The van der Waals surface area contributed by atoms with Crippen LogP contribution in [0, 0.1) is 11.8 Å². The van der Waals surface area contributed by atoms with E-state index in [1.165, 1.54) is 16.2 Å². The Morgan fingerprint density at radius 2 is 2.14 bits per heavy atom. The van der Waals surface area contributed by atoms with Gasteiger partial charge >= 0.3 is 5.97 Å². The van der Waals surface area contributed by atoms with Gasteiger partial charge in [0.15, 0.2) is 0 Å². The van der Waals surface area contributed by atoms with Crippen molar-refractivity contribution >= 4 is 23.2 Å². The fourth-order valence-electron chi connectivity index (χ4n) is 1.57. The van der Waals surface area contributed by atoms with E-state index < -0.39 is 5.97 Å². The first-order chi connectivity index (χ1) is 10.1. The number of likely N-dealkylation sites (N-methyl/N-ethyl adjacent to an activating group) is 1. The number of carbonyl (C=O) groups excluding carboxylic acids is 2. The van der Waals surface area contributed by atoms with E-state index in [4.69, 9.17) is 9.84 Å². The molecule has 0 saturated carbocycles. The van der Waals surface area contributed by atoms with Gasteiger partial charge in [-0.2, -0.15) is 0 Å². The monoisotopic (exact) mass is 309 g/mol. The first-order valence-electron chi connectivity index (χ1n) is 6.76. The number of amides is 1. The van der Waals surface area contributed by atoms with E-state index in [2.05, 4.69) is 11.8 Å². The van der Waals surface area contributed by atoms with Gasteiger partial charge in [-0.1, -0.05) is 11.8 Å². The number of hydrogen-bond donors (Lipinski definition) is 1. The molecule has 0 aliphatic rings. The quantitative estimate of drug-likeness (QED) is 0.639. The van der Waals surface area contributed by atoms with Crippen molar-refractivity contribution in [3.8, 4) is 11.8 Å². The minimum absolute atomic E-state index is 0.0211. The highest BCUT2D eigenvalue weighted by molar-refractivity contribution is 7.14. The van der Waals surface area contributed by atoms with E-state index in [1.54, 1.807) is 19.1 Å². The SMILES string of the molecule is CCOC(=O)CN(CC)C(=O)c1ccc(C#CCCO)s1. The smallest absolute Gasteiger partial charge is 0.325 e. The predicted octanol–water partition coefficient (Wildman–Crippen LogP) is 1.51. The number of aliphatic hydroxyl groups is 1. The van der Waals surface area contributed by atoms with Crippen LogP contribution in [0.3, 0.4) is 0 Å². The second-order valence-electron chi connectivity index (χ2n) is 4.06. The lowest BCUT2D eigenvalue weighted by Crippen LogP contribution is -2.35. The zero-order chi connectivity index (χ0) is 15.7. The highest BCUT2D eigenvalue weighted by atomic mass is 32.1. The predicted molar refractivity (Wildman–Crippen MR) is 81.1 cm³/mol. The molecule has 0 radical (unpaired) electrons. The molecule has 0 aliphatic carbocycles. The van der Waals surface area contributed by atoms with E-state index >= 15 is 0 Å². The highest BCUT2D eigenvalue weighted by Gasteiger charge is 2.19. The van der Waals surface area contributed by atoms with Crippen LogP contribution in [-0.2, 0) is 9.53 Å². The van der Waals surface area contributed by atoms with Crippen molar-refractivity contribution in [3.05, 3.63) is 21.9 Å². The van der Waals surface area contributed by atoms with Gasteiger partial charge in [-0.25, -0.2) is 0 Å². The Hall–Kier alpha value is -1.84. The zero-order valence-corrected chi connectivity index (χ0v) is 13.0. The van der Waals surface area contributed by atoms with Crippen LogP contribution in [0.5, 0.6) is 0 Å². The van der Waals surface area contributed by atoms with Crippen molar-refractivity contribution in [2.24, 2.45) is 0 Å². The molecule has 114 valence electrons. The fraction of sp³-hybridized carbons (Fsp3) is 0.467. The Balaban J connectivity index is 2.72. The van der Waals surface area contributed by atoms with E-state index in [1.807, 2.05) is 6.92 Å². The molecule has 1 N–H and O–H groups in total. The third kappa shape index (κ3) is 5.58. The van der Waals surface area contributed by atoms with E-state index in [9.17, 15) is 9.59 Å². The van der Waals surface area contributed by atoms with Gasteiger partial charge < -0.3 is 14.7 Å². The molecule has 0 saturated heterocycles. The molecule has 1 aromatic heterocycles. The van der Waals surface area contributed by atoms with Crippen LogP contribution in [0.1, 0.15) is 34.8 Å². The van der Waals surface area contributed by atoms with Crippen molar-refractivity contribution in [1.82, 2.24) is 4.90 Å². The lowest BCUT2D eigenvalue weighted by Gasteiger charge is -2.18. The number of aliphatic hydroxyl groups excluding tert-OH is 1. The molecule has 1 amide bonds. The molecule has 6 heteroatoms. The van der Waals surface area contributed by atoms with Gasteiger partial charge in [0.1, 0.15) is 6.54 Å². The van der Waals surface area contributed by atoms with E-state index in [0.29, 0.717) is 24.4 Å². The summed E-state index contributed by atoms with van der Waals surface area (Å²) in [5.41, 5.74) is 0. The van der Waals surface area contributed by atoms with Crippen molar-refractivity contribution in [3.63, 3.8) is 0 Å². The molecule has 5 nitrogen and oxygen atoms in total. The number of carbonyl (C=O) groups is 2. The minimum atomic E-state index is -0.410. The van der Waals surface area contributed by atoms with Crippen LogP contribution >= 0.6 is 11.3 Å². The fourth-order valence-corrected chi connectivity index (χ4v) is 2.42. The maximum Gasteiger partial charge on any atom is 0.325 e. The van der Waals surface area contributed by atoms with Crippen molar-refractivity contribution in [2.75, 3.05) is 26.3 Å². The van der Waals surface area contributed by atoms with Gasteiger partial charge in [-0.15, -0.1) is 11.3 Å². The Bertz CT molecular complexity index is 541. The summed E-state index contributed by atoms with van der Waals surface area (Å²) in [7, 11) is 0. The molecule has 0 unspecified atom stereocenters. The molecular weight excluding hydrogens is 290 g/mol. The second kappa shape index (κ2) is 9.16. The van der Waals surface area contributed by atoms with Gasteiger partial charge in [0.05, 0.1) is 23.0 Å². The molecule has 0 spiro atoms. The van der Waals surface area contributed by atoms with Crippen LogP contribution in [0.15, 0.2) is 12.1 Å². The molecule has 1 heterocycles. The summed E-state index contributed by atoms with van der Waals surface area (Å²) in [5, 5.41) is 8.67. The maximum absolute atomic E-state index is 12.3. The molecular formula is C15H19NO4S. The van der Waals surface area contributed by atoms with E-state index in [0.717, 1.165) is 4.88 Å². The Morgan fingerprint density at radius 1 is 1.38 bits per heavy atom. The summed E-state index contributed by atoms with van der Waals surface area (Å²) in [6, 6.07) is 3.46. The van der Waals surface area contributed by atoms with Crippen molar-refractivity contribution in [2.45, 2.75) is 20.3 Å². The molecule has 0 aliphatic heterocycles. The molecule has 21 heavy (non-hydrogen) atoms. The molecule has 0 bridgehead atoms. The van der Waals surface area contributed by atoms with Crippen LogP contribution in [-0.4, -0.2) is 48.2 Å². The summed E-state index contributed by atoms with van der Waals surface area (Å²) in [6.45, 7) is 4.24. The standard InChI is InChI=1S/C15H19NO4S/c1-3-16(11-14(18)20-4-2)15(19)13-9-8-12(21-13)7-5-6-10-17/h8-9,17H,3-4,6,10-11H2,1-2H3. The number of esters is 1. The number of ether oxygens (including phenoxy) is 1. The summed E-state index contributed by atoms with van der Waals surface area (Å²) in [4.78, 5) is 26.5. The molecule has 0 fully saturated rings. The summed E-state index contributed by atoms with van der Waals surface area (Å²) >= 11 is 1.28. The van der Waals surface area contributed by atoms with Crippen molar-refractivity contribution in [1.29, 1.82) is 0 Å². The Morgan fingerprint density at radius 3 is 2.76 bits per heavy atom. The Kier molecular flexibility index (Phi) is 7.51. The third-order valence-electron chi connectivity index (χ3n) is 2.56. The van der Waals surface area contributed by atoms with Gasteiger partial charge in [0, 0.05) is 13.0 Å². The second-order valence-corrected chi connectivity index (χ2v) is 5.15. The van der Waals surface area contributed by atoms with Gasteiger partial charge in [-0.3, -0.25) is 9.59 Å². The van der Waals surface area contributed by atoms with Crippen LogP contribution in [0.4, 0.5) is 0 Å². The lowest BCUT2D eigenvalue weighted by atomic mass is 10.3. The van der Waals surface area contributed by atoms with Crippen LogP contribution in [0.2, 0.25) is 0 Å². The number of hydrogen-bond acceptors (Lipinski definition) is 5. The molecule has 0 atom stereocenters. The zero-order valence-electron chi connectivity index (χ0n) is 12.2. The van der Waals surface area contributed by atoms with Crippen LogP contribution < -0.4 is 0 Å². The summed E-state index contributed by atoms with van der Waals surface area (Å²) < 4.78 is 4.86. The lowest BCUT2D eigenvalue weighted by molar-refractivity contribution is -0.143. The average Bonchev–Trinajstić information content (AvgIpc) is 2.93. The number of nitrogens with zero attached hydrogens (tertiary/aromatic N) is 1. The minimum Gasteiger partial charge on any atom is -0.465 e. The molecule has 0 aromatic carbocycles. The summed E-state index contributed by atoms with van der Waals surface area (Å²) in [6.07, 6.45) is 0.408. The van der Waals surface area contributed by atoms with E-state index in [-0.39, 0.29) is 19.1 Å². The normalized spacial score (nSPS) is 9.67.